The van der Waals surface area contributed by atoms with Crippen LogP contribution in [0.15, 0.2) is 133 Å². The Morgan fingerprint density at radius 3 is 0.935 bits per heavy atom. The van der Waals surface area contributed by atoms with Gasteiger partial charge in [-0.25, -0.2) is 15.1 Å². The third-order valence-electron chi connectivity index (χ3n) is 9.72. The van der Waals surface area contributed by atoms with E-state index in [-0.39, 0.29) is 5.56 Å². The fourth-order valence-corrected chi connectivity index (χ4v) is 5.74. The van der Waals surface area contributed by atoms with Gasteiger partial charge in [0.25, 0.3) is 23.6 Å². The minimum absolute atomic E-state index is 0.285. The van der Waals surface area contributed by atoms with Crippen molar-refractivity contribution in [1.29, 1.82) is 0 Å². The molecule has 0 aliphatic carbocycles. The van der Waals surface area contributed by atoms with Gasteiger partial charge in [-0.3, -0.25) is 24.4 Å². The van der Waals surface area contributed by atoms with Gasteiger partial charge in [0.05, 0.1) is 32.5 Å². The van der Waals surface area contributed by atoms with Crippen LogP contribution < -0.4 is 21.4 Å². The van der Waals surface area contributed by atoms with Gasteiger partial charge in [-0.15, -0.1) is 6.42 Å². The summed E-state index contributed by atoms with van der Waals surface area (Å²) < 4.78 is 9.08. The van der Waals surface area contributed by atoms with Crippen LogP contribution in [-0.2, 0) is 23.9 Å². The monoisotopic (exact) mass is 1040 g/mol. The van der Waals surface area contributed by atoms with Crippen molar-refractivity contribution in [2.45, 2.75) is 84.9 Å². The summed E-state index contributed by atoms with van der Waals surface area (Å²) in [5.74, 6) is 21.2. The van der Waals surface area contributed by atoms with Crippen LogP contribution in [0.4, 0.5) is 0 Å². The number of esters is 2. The lowest BCUT2D eigenvalue weighted by Gasteiger charge is -2.19. The lowest BCUT2D eigenvalue weighted by Crippen LogP contribution is -2.51. The van der Waals surface area contributed by atoms with E-state index in [1.54, 1.807) is 72.8 Å². The number of terminal acetylenes is 1. The molecule has 5 rings (SSSR count). The first-order chi connectivity index (χ1) is 37.0. The zero-order valence-electron chi connectivity index (χ0n) is 44.3. The molecule has 0 spiro atoms. The molecule has 0 aliphatic heterocycles. The number of carbonyl (C=O) groups is 6. The van der Waals surface area contributed by atoms with E-state index in [9.17, 15) is 44.1 Å². The van der Waals surface area contributed by atoms with Gasteiger partial charge in [0, 0.05) is 44.5 Å². The summed E-state index contributed by atoms with van der Waals surface area (Å²) in [6.07, 6.45) is 1.91. The zero-order chi connectivity index (χ0) is 57.7. The summed E-state index contributed by atoms with van der Waals surface area (Å²) in [6.45, 7) is 12.1. The topological polar surface area (TPSA) is 250 Å². The fourth-order valence-electron chi connectivity index (χ4n) is 5.74. The predicted octanol–water partition coefficient (Wildman–Crippen LogP) is 5.19. The van der Waals surface area contributed by atoms with E-state index in [2.05, 4.69) is 78.7 Å². The Morgan fingerprint density at radius 2 is 0.688 bits per heavy atom. The summed E-state index contributed by atoms with van der Waals surface area (Å²) in [5, 5.41) is 44.5. The smallest absolute Gasteiger partial charge is 0.331 e. The molecule has 16 nitrogen and oxygen atoms in total. The second-order valence-electron chi connectivity index (χ2n) is 15.2. The molecule has 0 heterocycles. The molecule has 8 N–H and O–H groups in total. The highest BCUT2D eigenvalue weighted by Gasteiger charge is 2.28. The number of aliphatic hydroxyl groups excluding tert-OH is 3. The lowest BCUT2D eigenvalue weighted by atomic mass is 10.1. The average Bonchev–Trinajstić information content (AvgIpc) is 3.46. The number of amides is 4. The number of hydrogen-bond donors (Lipinski definition) is 8. The maximum absolute atomic E-state index is 12.2. The molecule has 0 unspecified atom stereocenters. The molecule has 5 aromatic rings. The Labute approximate surface area is 451 Å². The van der Waals surface area contributed by atoms with Crippen LogP contribution >= 0.6 is 0 Å². The quantitative estimate of drug-likeness (QED) is 0.0348. The molecule has 4 amide bonds. The van der Waals surface area contributed by atoms with Crippen molar-refractivity contribution in [3.63, 3.8) is 0 Å². The largest absolute Gasteiger partial charge is 0.467 e. The first-order valence-electron chi connectivity index (χ1n) is 24.0. The van der Waals surface area contributed by atoms with E-state index >= 15 is 0 Å². The van der Waals surface area contributed by atoms with Crippen LogP contribution in [0.1, 0.15) is 107 Å². The molecule has 0 bridgehead atoms. The number of nitrogens with one attached hydrogen (secondary N) is 4. The zero-order valence-corrected chi connectivity index (χ0v) is 44.3. The van der Waals surface area contributed by atoms with E-state index in [1.165, 1.54) is 40.5 Å². The van der Waals surface area contributed by atoms with E-state index in [1.807, 2.05) is 88.4 Å². The normalized spacial score (nSPS) is 11.5. The Hall–Kier alpha value is -9.44. The molecular weight excluding hydrogens is 981 g/mol. The van der Waals surface area contributed by atoms with Crippen LogP contribution in [0.2, 0.25) is 0 Å². The number of methoxy groups -OCH3 is 2. The third kappa shape index (κ3) is 24.4. The van der Waals surface area contributed by atoms with Crippen molar-refractivity contribution < 1.29 is 58.8 Å². The SMILES string of the molecule is C#Cc1ccc(C(=O)N[C@H](C(=O)OC)[C@@H](C)O)cc1.CC.CC.COC(=O)[C@@H](NC(=O)c1ccc(C#CC#Cc2ccccc2)cc1)[C@@H](C)O.C[C@@H](O)[C@H](NC(=O)c1ccc(C#CC#Cc2ccccc2)cc1)C(=O)NO. The van der Waals surface area contributed by atoms with Crippen molar-refractivity contribution in [3.05, 3.63) is 178 Å². The molecule has 77 heavy (non-hydrogen) atoms. The van der Waals surface area contributed by atoms with Gasteiger partial charge in [0.1, 0.15) is 6.04 Å². The van der Waals surface area contributed by atoms with Crippen LogP contribution in [0, 0.1) is 59.7 Å². The van der Waals surface area contributed by atoms with Gasteiger partial charge in [-0.2, -0.15) is 0 Å². The summed E-state index contributed by atoms with van der Waals surface area (Å²) in [4.78, 5) is 70.7. The molecule has 0 saturated carbocycles. The maximum atomic E-state index is 12.2. The molecule has 0 aliphatic rings. The number of ether oxygens (including phenoxy) is 2. The van der Waals surface area contributed by atoms with Crippen LogP contribution in [0.25, 0.3) is 0 Å². The van der Waals surface area contributed by atoms with Crippen molar-refractivity contribution >= 4 is 35.6 Å². The number of hydroxylamine groups is 1. The number of carbonyl (C=O) groups excluding carboxylic acids is 6. The van der Waals surface area contributed by atoms with Crippen LogP contribution in [-0.4, -0.2) is 107 Å². The molecule has 6 atom stereocenters. The number of aliphatic hydroxyl groups is 3. The van der Waals surface area contributed by atoms with Gasteiger partial charge >= 0.3 is 11.9 Å². The lowest BCUT2D eigenvalue weighted by molar-refractivity contribution is -0.146. The first kappa shape index (κ1) is 65.6. The van der Waals surface area contributed by atoms with Gasteiger partial charge in [0.2, 0.25) is 0 Å². The van der Waals surface area contributed by atoms with Gasteiger partial charge < -0.3 is 40.7 Å². The average molecular weight is 1050 g/mol. The van der Waals surface area contributed by atoms with Gasteiger partial charge in [0.15, 0.2) is 12.1 Å². The molecule has 0 aromatic heterocycles. The minimum atomic E-state index is -1.27. The van der Waals surface area contributed by atoms with Crippen molar-refractivity contribution in [1.82, 2.24) is 21.4 Å². The number of benzene rings is 5. The number of hydrogen-bond acceptors (Lipinski definition) is 12. The molecule has 5 aromatic carbocycles. The second kappa shape index (κ2) is 37.3. The maximum Gasteiger partial charge on any atom is 0.331 e. The summed E-state index contributed by atoms with van der Waals surface area (Å²) in [7, 11) is 2.38. The molecule has 0 saturated heterocycles. The fraction of sp³-hybridized carbons (Fsp3) is 0.246. The Morgan fingerprint density at radius 1 is 0.429 bits per heavy atom. The number of rotatable bonds is 12. The molecule has 16 heteroatoms. The molecule has 400 valence electrons. The highest BCUT2D eigenvalue weighted by molar-refractivity contribution is 5.98. The van der Waals surface area contributed by atoms with E-state index < -0.39 is 72.0 Å². The Balaban J connectivity index is 0.000000568. The van der Waals surface area contributed by atoms with Crippen LogP contribution in [0.5, 0.6) is 0 Å². The predicted molar refractivity (Wildman–Crippen MR) is 293 cm³/mol. The highest BCUT2D eigenvalue weighted by atomic mass is 16.5. The highest BCUT2D eigenvalue weighted by Crippen LogP contribution is 2.08. The van der Waals surface area contributed by atoms with E-state index in [0.29, 0.717) is 27.8 Å². The van der Waals surface area contributed by atoms with E-state index in [0.717, 1.165) is 11.1 Å². The van der Waals surface area contributed by atoms with Gasteiger partial charge in [-0.05, 0) is 142 Å². The second-order valence-corrected chi connectivity index (χ2v) is 15.2. The van der Waals surface area contributed by atoms with Gasteiger partial charge in [-0.1, -0.05) is 93.7 Å². The van der Waals surface area contributed by atoms with Crippen LogP contribution in [0.3, 0.4) is 0 Å². The van der Waals surface area contributed by atoms with Crippen molar-refractivity contribution in [3.8, 4) is 59.7 Å². The standard InChI is InChI=1S/C22H19NO4.C21H18N2O4.C14H15NO4.2C2H6/c1-16(24)20(22(26)27-2)23-21(25)19-14-12-18(13-15-19)11-7-6-10-17-8-4-3-5-9-17;1-15(24)19(21(26)23-27)22-20(25)18-13-11-17(12-14-18)10-6-5-9-16-7-3-2-4-8-16;1-4-10-5-7-11(8-6-10)13(17)15-12(9(2)16)14(18)19-3;2*1-2/h3-5,8-9,12-16,20,24H,1-2H3,(H,23,25);2-4,7-8,11-15,19,24,27H,1H3,(H,22,25)(H,23,26);1,5-9,12,16H,2-3H3,(H,15,17);2*1-2H3/t16-,20+;15-,19+;9-,12+;;/m111../s1. The molecule has 0 radical (unpaired) electrons. The minimum Gasteiger partial charge on any atom is -0.467 e. The first-order valence-corrected chi connectivity index (χ1v) is 24.0. The summed E-state index contributed by atoms with van der Waals surface area (Å²) in [5.41, 5.74) is 6.16. The van der Waals surface area contributed by atoms with Crippen molar-refractivity contribution in [2.75, 3.05) is 14.2 Å². The summed E-state index contributed by atoms with van der Waals surface area (Å²) in [6, 6.07) is 34.7. The third-order valence-corrected chi connectivity index (χ3v) is 9.72. The summed E-state index contributed by atoms with van der Waals surface area (Å²) >= 11 is 0. The van der Waals surface area contributed by atoms with Crippen molar-refractivity contribution in [2.24, 2.45) is 0 Å². The Kier molecular flexibility index (Phi) is 31.8. The molecule has 0 fully saturated rings. The Bertz CT molecular complexity index is 2800. The molecular formula is C61H64N4O12. The van der Waals surface area contributed by atoms with E-state index in [4.69, 9.17) is 11.6 Å².